The average Bonchev–Trinajstić information content (AvgIpc) is 2.87. The third-order valence-corrected chi connectivity index (χ3v) is 4.82. The summed E-state index contributed by atoms with van der Waals surface area (Å²) in [6, 6.07) is 0. The van der Waals surface area contributed by atoms with Crippen molar-refractivity contribution in [2.75, 3.05) is 26.4 Å². The van der Waals surface area contributed by atoms with Crippen molar-refractivity contribution in [3.8, 4) is 0 Å². The molecule has 21 heavy (non-hydrogen) atoms. The van der Waals surface area contributed by atoms with Gasteiger partial charge in [-0.1, -0.05) is 0 Å². The maximum Gasteiger partial charge on any atom is 0.400 e. The molecule has 124 valence electrons. The van der Waals surface area contributed by atoms with Gasteiger partial charge in [0, 0.05) is 0 Å². The summed E-state index contributed by atoms with van der Waals surface area (Å²) in [5.74, 6) is 0. The van der Waals surface area contributed by atoms with Crippen molar-refractivity contribution >= 4 is 31.2 Å². The van der Waals surface area contributed by atoms with Gasteiger partial charge in [-0.25, -0.2) is 25.1 Å². The van der Waals surface area contributed by atoms with Crippen LogP contribution in [-0.4, -0.2) is 63.9 Å². The maximum atomic E-state index is 11.3. The topological polar surface area (TPSA) is 158 Å². The number of rotatable bonds is 6. The molecule has 2 heterocycles. The highest BCUT2D eigenvalue weighted by atomic mass is 32.3. The van der Waals surface area contributed by atoms with Crippen LogP contribution >= 0.6 is 0 Å². The molecule has 0 radical (unpaired) electrons. The summed E-state index contributed by atoms with van der Waals surface area (Å²) < 4.78 is 91.5. The van der Waals surface area contributed by atoms with Crippen LogP contribution in [0, 0.1) is 0 Å². The van der Waals surface area contributed by atoms with Crippen LogP contribution < -0.4 is 0 Å². The monoisotopic (exact) mass is 370 g/mol. The molecule has 0 aromatic heterocycles. The fourth-order valence-electron chi connectivity index (χ4n) is 1.27. The van der Waals surface area contributed by atoms with Crippen LogP contribution in [0.5, 0.6) is 0 Å². The van der Waals surface area contributed by atoms with E-state index in [9.17, 15) is 25.3 Å². The van der Waals surface area contributed by atoms with E-state index in [0.717, 1.165) is 0 Å². The Morgan fingerprint density at radius 1 is 0.857 bits per heavy atom. The van der Waals surface area contributed by atoms with E-state index in [-0.39, 0.29) is 0 Å². The quantitative estimate of drug-likeness (QED) is 0.488. The second kappa shape index (κ2) is 6.01. The molecule has 2 aliphatic rings. The van der Waals surface area contributed by atoms with Crippen molar-refractivity contribution in [1.82, 2.24) is 0 Å². The molecule has 0 saturated carbocycles. The lowest BCUT2D eigenvalue weighted by molar-refractivity contribution is 0.107. The van der Waals surface area contributed by atoms with Gasteiger partial charge in [-0.3, -0.25) is 0 Å². The van der Waals surface area contributed by atoms with Crippen molar-refractivity contribution < 1.29 is 50.4 Å². The van der Waals surface area contributed by atoms with Crippen LogP contribution in [-0.2, 0) is 56.3 Å². The van der Waals surface area contributed by atoms with Gasteiger partial charge in [-0.15, -0.1) is 0 Å². The number of hydrogen-bond donors (Lipinski definition) is 0. The van der Waals surface area contributed by atoms with Crippen molar-refractivity contribution in [2.24, 2.45) is 0 Å². The Hall–Kier alpha value is -0.390. The molecule has 0 aromatic carbocycles. The largest absolute Gasteiger partial charge is 0.400 e. The molecule has 0 aromatic rings. The first kappa shape index (κ1) is 17.0. The molecule has 12 nitrogen and oxygen atoms in total. The molecular formula is C6H10O12S3. The van der Waals surface area contributed by atoms with Crippen LogP contribution in [0.15, 0.2) is 0 Å². The van der Waals surface area contributed by atoms with Gasteiger partial charge in [-0.2, -0.15) is 25.3 Å². The fourth-order valence-corrected chi connectivity index (χ4v) is 3.61. The first-order valence-electron chi connectivity index (χ1n) is 5.26. The minimum atomic E-state index is -4.49. The van der Waals surface area contributed by atoms with Crippen molar-refractivity contribution in [3.63, 3.8) is 0 Å². The molecule has 0 spiro atoms. The Balaban J connectivity index is 1.75. The van der Waals surface area contributed by atoms with E-state index in [2.05, 4.69) is 25.1 Å². The van der Waals surface area contributed by atoms with Gasteiger partial charge in [0.2, 0.25) is 0 Å². The van der Waals surface area contributed by atoms with E-state index in [4.69, 9.17) is 0 Å². The third-order valence-electron chi connectivity index (χ3n) is 2.10. The normalized spacial score (nSPS) is 31.4. The highest BCUT2D eigenvalue weighted by Crippen LogP contribution is 2.16. The van der Waals surface area contributed by atoms with Gasteiger partial charge in [0.1, 0.15) is 12.2 Å². The van der Waals surface area contributed by atoms with Crippen LogP contribution in [0.4, 0.5) is 0 Å². The van der Waals surface area contributed by atoms with Crippen molar-refractivity contribution in [1.29, 1.82) is 0 Å². The van der Waals surface area contributed by atoms with Crippen LogP contribution in [0.25, 0.3) is 0 Å². The zero-order valence-corrected chi connectivity index (χ0v) is 12.6. The molecule has 2 saturated heterocycles. The molecule has 0 amide bonds. The summed E-state index contributed by atoms with van der Waals surface area (Å²) in [6.07, 6.45) is -2.25. The predicted molar refractivity (Wildman–Crippen MR) is 60.3 cm³/mol. The van der Waals surface area contributed by atoms with E-state index in [1.54, 1.807) is 0 Å². The minimum Gasteiger partial charge on any atom is -0.245 e. The molecular weight excluding hydrogens is 360 g/mol. The lowest BCUT2D eigenvalue weighted by Gasteiger charge is -2.09. The Labute approximate surface area is 120 Å². The summed E-state index contributed by atoms with van der Waals surface area (Å²) in [5.41, 5.74) is 0. The van der Waals surface area contributed by atoms with E-state index >= 15 is 0 Å². The Bertz CT molecular complexity index is 621. The SMILES string of the molecule is O=S(=O)(OC[C@@H]1COS(=O)(=O)O1)OC[C@@H]1COS(=O)(=O)O1. The Kier molecular flexibility index (Phi) is 4.86. The van der Waals surface area contributed by atoms with Gasteiger partial charge in [0.05, 0.1) is 26.4 Å². The lowest BCUT2D eigenvalue weighted by atomic mass is 10.4. The van der Waals surface area contributed by atoms with Gasteiger partial charge in [0.15, 0.2) is 0 Å². The van der Waals surface area contributed by atoms with Gasteiger partial charge >= 0.3 is 31.2 Å². The fraction of sp³-hybridized carbons (Fsp3) is 1.00. The molecule has 2 aliphatic heterocycles. The molecule has 15 heteroatoms. The summed E-state index contributed by atoms with van der Waals surface area (Å²) in [6.45, 7) is -2.09. The molecule has 2 atom stereocenters. The lowest BCUT2D eigenvalue weighted by Crippen LogP contribution is -2.25. The highest BCUT2D eigenvalue weighted by Gasteiger charge is 2.34. The predicted octanol–water partition coefficient (Wildman–Crippen LogP) is -2.42. The smallest absolute Gasteiger partial charge is 0.245 e. The zero-order chi connectivity index (χ0) is 15.7. The molecule has 0 aliphatic carbocycles. The summed E-state index contributed by atoms with van der Waals surface area (Å²) in [5, 5.41) is 0. The zero-order valence-electron chi connectivity index (χ0n) is 10.1. The second-order valence-corrected chi connectivity index (χ2v) is 7.58. The molecule has 0 bridgehead atoms. The van der Waals surface area contributed by atoms with Crippen LogP contribution in [0.2, 0.25) is 0 Å². The van der Waals surface area contributed by atoms with E-state index in [1.165, 1.54) is 0 Å². The number of hydrogen-bond acceptors (Lipinski definition) is 12. The standard InChI is InChI=1S/C6H10O12S3/c7-19(8,13-1-5-3-15-20(9,10)17-5)14-2-6-4-16-21(11,12)18-6/h5-6H,1-4H2/t5-,6-/m1/s1. The first-order valence-corrected chi connectivity index (χ1v) is 9.26. The summed E-state index contributed by atoms with van der Waals surface area (Å²) >= 11 is 0. The molecule has 2 rings (SSSR count). The molecule has 0 unspecified atom stereocenters. The first-order chi connectivity index (χ1) is 9.57. The molecule has 0 N–H and O–H groups in total. The van der Waals surface area contributed by atoms with Gasteiger partial charge in [-0.05, 0) is 0 Å². The van der Waals surface area contributed by atoms with Crippen molar-refractivity contribution in [3.05, 3.63) is 0 Å². The maximum absolute atomic E-state index is 11.3. The van der Waals surface area contributed by atoms with Crippen LogP contribution in [0.3, 0.4) is 0 Å². The molecule has 2 fully saturated rings. The van der Waals surface area contributed by atoms with Crippen LogP contribution in [0.1, 0.15) is 0 Å². The highest BCUT2D eigenvalue weighted by molar-refractivity contribution is 7.82. The second-order valence-electron chi connectivity index (χ2n) is 3.80. The van der Waals surface area contributed by atoms with E-state index < -0.39 is 69.8 Å². The Morgan fingerprint density at radius 2 is 1.24 bits per heavy atom. The third kappa shape index (κ3) is 5.38. The average molecular weight is 370 g/mol. The summed E-state index contributed by atoms with van der Waals surface area (Å²) in [7, 11) is -12.7. The van der Waals surface area contributed by atoms with Gasteiger partial charge < -0.3 is 0 Å². The minimum absolute atomic E-state index is 0.393. The Morgan fingerprint density at radius 3 is 1.52 bits per heavy atom. The summed E-state index contributed by atoms with van der Waals surface area (Å²) in [4.78, 5) is 0. The van der Waals surface area contributed by atoms with E-state index in [0.29, 0.717) is 0 Å². The van der Waals surface area contributed by atoms with Gasteiger partial charge in [0.25, 0.3) is 0 Å². The van der Waals surface area contributed by atoms with Crippen molar-refractivity contribution in [2.45, 2.75) is 12.2 Å². The van der Waals surface area contributed by atoms with E-state index in [1.807, 2.05) is 0 Å².